The zero-order valence-electron chi connectivity index (χ0n) is 13.1. The van der Waals surface area contributed by atoms with Gasteiger partial charge in [0.2, 0.25) is 0 Å². The monoisotopic (exact) mass is 284 g/mol. The summed E-state index contributed by atoms with van der Waals surface area (Å²) in [5.41, 5.74) is 7.94. The molecule has 0 aliphatic rings. The minimum atomic E-state index is 0.793. The first-order valence-electron chi connectivity index (χ1n) is 7.54. The van der Waals surface area contributed by atoms with Crippen molar-refractivity contribution in [3.05, 3.63) is 53.6 Å². The third-order valence-electron chi connectivity index (χ3n) is 3.38. The first-order valence-corrected chi connectivity index (χ1v) is 7.54. The number of hydrogen-bond acceptors (Lipinski definition) is 4. The van der Waals surface area contributed by atoms with Crippen molar-refractivity contribution in [2.75, 3.05) is 11.6 Å². The Bertz CT molecular complexity index is 551. The van der Waals surface area contributed by atoms with Crippen molar-refractivity contribution in [3.63, 3.8) is 0 Å². The highest BCUT2D eigenvalue weighted by atomic mass is 15.5. The third kappa shape index (κ3) is 4.83. The number of nitrogens with zero attached hydrogens (tertiary/aromatic N) is 3. The zero-order chi connectivity index (χ0) is 15.1. The molecule has 4 heteroatoms. The van der Waals surface area contributed by atoms with Gasteiger partial charge in [-0.2, -0.15) is 0 Å². The summed E-state index contributed by atoms with van der Waals surface area (Å²) in [5, 5.41) is 2.19. The van der Waals surface area contributed by atoms with E-state index in [1.54, 1.807) is 0 Å². The molecule has 0 saturated heterocycles. The molecule has 0 aliphatic heterocycles. The van der Waals surface area contributed by atoms with Gasteiger partial charge in [0, 0.05) is 30.7 Å². The van der Waals surface area contributed by atoms with Gasteiger partial charge in [0.15, 0.2) is 0 Å². The number of unbranched alkanes of at least 4 members (excludes halogenated alkanes) is 1. The van der Waals surface area contributed by atoms with Crippen LogP contribution in [0.15, 0.2) is 36.7 Å². The van der Waals surface area contributed by atoms with E-state index in [-0.39, 0.29) is 0 Å². The average molecular weight is 284 g/mol. The summed E-state index contributed by atoms with van der Waals surface area (Å²) in [6.07, 6.45) is 6.11. The number of hydrogen-bond donors (Lipinski definition) is 1. The van der Waals surface area contributed by atoms with E-state index in [9.17, 15) is 0 Å². The van der Waals surface area contributed by atoms with Crippen molar-refractivity contribution in [1.82, 2.24) is 15.4 Å². The third-order valence-corrected chi connectivity index (χ3v) is 3.38. The van der Waals surface area contributed by atoms with E-state index in [1.165, 1.54) is 12.0 Å². The molecule has 0 unspecified atom stereocenters. The van der Waals surface area contributed by atoms with Gasteiger partial charge in [-0.15, -0.1) is 0 Å². The Hall–Kier alpha value is -1.94. The number of nitrogens with one attached hydrogen (secondary N) is 1. The Labute approximate surface area is 127 Å². The van der Waals surface area contributed by atoms with E-state index >= 15 is 0 Å². The lowest BCUT2D eigenvalue weighted by molar-refractivity contribution is 0.596. The quantitative estimate of drug-likeness (QED) is 0.791. The molecule has 112 valence electrons. The Balaban J connectivity index is 2.04. The average Bonchev–Trinajstić information content (AvgIpc) is 2.49. The number of aromatic nitrogens is 2. The van der Waals surface area contributed by atoms with Gasteiger partial charge < -0.3 is 5.01 Å². The van der Waals surface area contributed by atoms with Gasteiger partial charge in [0.25, 0.3) is 0 Å². The van der Waals surface area contributed by atoms with Crippen LogP contribution in [0.25, 0.3) is 0 Å². The molecule has 2 aromatic heterocycles. The van der Waals surface area contributed by atoms with E-state index in [4.69, 9.17) is 0 Å². The molecule has 0 bridgehead atoms. The van der Waals surface area contributed by atoms with Crippen LogP contribution in [-0.2, 0) is 6.54 Å². The van der Waals surface area contributed by atoms with Crippen LogP contribution in [0.5, 0.6) is 0 Å². The molecule has 2 heterocycles. The number of rotatable bonds is 7. The minimum Gasteiger partial charge on any atom is -0.307 e. The summed E-state index contributed by atoms with van der Waals surface area (Å²) >= 11 is 0. The number of aryl methyl sites for hydroxylation is 2. The van der Waals surface area contributed by atoms with Gasteiger partial charge in [-0.05, 0) is 50.1 Å². The Morgan fingerprint density at radius 3 is 2.62 bits per heavy atom. The molecular formula is C17H24N4. The highest BCUT2D eigenvalue weighted by molar-refractivity contribution is 5.43. The molecule has 2 aromatic rings. The van der Waals surface area contributed by atoms with Crippen LogP contribution in [-0.4, -0.2) is 16.5 Å². The van der Waals surface area contributed by atoms with Crippen molar-refractivity contribution in [1.29, 1.82) is 0 Å². The summed E-state index contributed by atoms with van der Waals surface area (Å²) in [4.78, 5) is 8.62. The first kappa shape index (κ1) is 15.4. The number of pyridine rings is 2. The smallest absolute Gasteiger partial charge is 0.0703 e. The van der Waals surface area contributed by atoms with Gasteiger partial charge in [-0.25, -0.2) is 5.43 Å². The standard InChI is InChI=1S/C17H24N4/c1-4-5-10-21(17-7-6-14(2)19-13-17)20-12-16-8-9-18-15(3)11-16/h6-9,11,13,20H,4-5,10,12H2,1-3H3. The summed E-state index contributed by atoms with van der Waals surface area (Å²) in [5.74, 6) is 0. The van der Waals surface area contributed by atoms with Crippen molar-refractivity contribution in [2.24, 2.45) is 0 Å². The van der Waals surface area contributed by atoms with Gasteiger partial charge in [-0.1, -0.05) is 13.3 Å². The van der Waals surface area contributed by atoms with E-state index in [2.05, 4.69) is 39.5 Å². The van der Waals surface area contributed by atoms with E-state index < -0.39 is 0 Å². The molecule has 0 fully saturated rings. The Morgan fingerprint density at radius 2 is 1.95 bits per heavy atom. The number of hydrazine groups is 1. The molecule has 21 heavy (non-hydrogen) atoms. The predicted molar refractivity (Wildman–Crippen MR) is 87.0 cm³/mol. The topological polar surface area (TPSA) is 41.0 Å². The van der Waals surface area contributed by atoms with E-state index in [1.807, 2.05) is 38.4 Å². The van der Waals surface area contributed by atoms with Crippen LogP contribution in [0.2, 0.25) is 0 Å². The molecule has 1 N–H and O–H groups in total. The van der Waals surface area contributed by atoms with Crippen LogP contribution in [0, 0.1) is 13.8 Å². The van der Waals surface area contributed by atoms with Crippen LogP contribution in [0.1, 0.15) is 36.7 Å². The second-order valence-corrected chi connectivity index (χ2v) is 5.30. The molecule has 0 aromatic carbocycles. The molecule has 0 saturated carbocycles. The molecule has 0 aliphatic carbocycles. The van der Waals surface area contributed by atoms with Gasteiger partial charge in [0.1, 0.15) is 0 Å². The van der Waals surface area contributed by atoms with Crippen molar-refractivity contribution < 1.29 is 0 Å². The lowest BCUT2D eigenvalue weighted by Crippen LogP contribution is -2.38. The lowest BCUT2D eigenvalue weighted by Gasteiger charge is -2.25. The second kappa shape index (κ2) is 7.74. The summed E-state index contributed by atoms with van der Waals surface area (Å²) < 4.78 is 0. The molecule has 0 radical (unpaired) electrons. The second-order valence-electron chi connectivity index (χ2n) is 5.30. The van der Waals surface area contributed by atoms with Crippen molar-refractivity contribution >= 4 is 5.69 Å². The summed E-state index contributed by atoms with van der Waals surface area (Å²) in [6, 6.07) is 8.32. The zero-order valence-corrected chi connectivity index (χ0v) is 13.1. The van der Waals surface area contributed by atoms with Crippen LogP contribution in [0.3, 0.4) is 0 Å². The van der Waals surface area contributed by atoms with Gasteiger partial charge >= 0.3 is 0 Å². The SMILES string of the molecule is CCCCN(NCc1ccnc(C)c1)c1ccc(C)nc1. The molecule has 0 spiro atoms. The van der Waals surface area contributed by atoms with Crippen molar-refractivity contribution in [3.8, 4) is 0 Å². The van der Waals surface area contributed by atoms with Crippen LogP contribution in [0.4, 0.5) is 5.69 Å². The Kier molecular flexibility index (Phi) is 5.69. The lowest BCUT2D eigenvalue weighted by atomic mass is 10.2. The summed E-state index contributed by atoms with van der Waals surface area (Å²) in [6.45, 7) is 8.00. The number of anilines is 1. The minimum absolute atomic E-state index is 0.793. The maximum absolute atomic E-state index is 4.39. The highest BCUT2D eigenvalue weighted by Crippen LogP contribution is 2.12. The predicted octanol–water partition coefficient (Wildman–Crippen LogP) is 3.40. The normalized spacial score (nSPS) is 10.6. The summed E-state index contributed by atoms with van der Waals surface area (Å²) in [7, 11) is 0. The fraction of sp³-hybridized carbons (Fsp3) is 0.412. The Morgan fingerprint density at radius 1 is 1.10 bits per heavy atom. The highest BCUT2D eigenvalue weighted by Gasteiger charge is 2.06. The van der Waals surface area contributed by atoms with Gasteiger partial charge in [0.05, 0.1) is 11.9 Å². The van der Waals surface area contributed by atoms with Gasteiger partial charge in [-0.3, -0.25) is 9.97 Å². The maximum atomic E-state index is 4.39. The van der Waals surface area contributed by atoms with E-state index in [0.29, 0.717) is 0 Å². The van der Waals surface area contributed by atoms with Crippen LogP contribution >= 0.6 is 0 Å². The molecule has 0 amide bonds. The first-order chi connectivity index (χ1) is 10.2. The van der Waals surface area contributed by atoms with Crippen molar-refractivity contribution in [2.45, 2.75) is 40.2 Å². The van der Waals surface area contributed by atoms with Crippen LogP contribution < -0.4 is 10.4 Å². The molecule has 4 nitrogen and oxygen atoms in total. The largest absolute Gasteiger partial charge is 0.307 e. The molecule has 2 rings (SSSR count). The fourth-order valence-electron chi connectivity index (χ4n) is 2.14. The van der Waals surface area contributed by atoms with E-state index in [0.717, 1.165) is 36.6 Å². The maximum Gasteiger partial charge on any atom is 0.0703 e. The molecular weight excluding hydrogens is 260 g/mol. The molecule has 0 atom stereocenters. The fourth-order valence-corrected chi connectivity index (χ4v) is 2.14.